The SMILES string of the molecule is COc1ccc([C@H](O)c2ccc(F)cc2)cc1OC. The lowest BCUT2D eigenvalue weighted by atomic mass is 10.0. The average molecular weight is 262 g/mol. The molecule has 2 aromatic carbocycles. The summed E-state index contributed by atoms with van der Waals surface area (Å²) < 4.78 is 23.2. The molecule has 0 spiro atoms. The molecule has 100 valence electrons. The maximum Gasteiger partial charge on any atom is 0.161 e. The van der Waals surface area contributed by atoms with Gasteiger partial charge < -0.3 is 14.6 Å². The first-order valence-corrected chi connectivity index (χ1v) is 5.81. The first-order valence-electron chi connectivity index (χ1n) is 5.81. The van der Waals surface area contributed by atoms with Crippen LogP contribution < -0.4 is 9.47 Å². The van der Waals surface area contributed by atoms with Crippen molar-refractivity contribution in [1.82, 2.24) is 0 Å². The van der Waals surface area contributed by atoms with E-state index in [-0.39, 0.29) is 5.82 Å². The normalized spacial score (nSPS) is 12.0. The van der Waals surface area contributed by atoms with E-state index in [1.807, 2.05) is 0 Å². The molecule has 0 saturated carbocycles. The Bertz CT molecular complexity index is 552. The monoisotopic (exact) mass is 262 g/mol. The van der Waals surface area contributed by atoms with Crippen molar-refractivity contribution >= 4 is 0 Å². The quantitative estimate of drug-likeness (QED) is 0.920. The minimum absolute atomic E-state index is 0.330. The molecule has 0 aliphatic carbocycles. The van der Waals surface area contributed by atoms with Crippen LogP contribution >= 0.6 is 0 Å². The van der Waals surface area contributed by atoms with E-state index in [1.54, 1.807) is 37.4 Å². The second kappa shape index (κ2) is 5.71. The summed E-state index contributed by atoms with van der Waals surface area (Å²) in [6.45, 7) is 0. The van der Waals surface area contributed by atoms with Gasteiger partial charge >= 0.3 is 0 Å². The van der Waals surface area contributed by atoms with E-state index < -0.39 is 6.10 Å². The molecule has 2 rings (SSSR count). The van der Waals surface area contributed by atoms with Crippen LogP contribution in [0.5, 0.6) is 11.5 Å². The van der Waals surface area contributed by atoms with Crippen molar-refractivity contribution in [3.63, 3.8) is 0 Å². The number of rotatable bonds is 4. The Balaban J connectivity index is 2.33. The number of hydrogen-bond donors (Lipinski definition) is 1. The van der Waals surface area contributed by atoms with Gasteiger partial charge in [-0.25, -0.2) is 4.39 Å². The first kappa shape index (κ1) is 13.4. The number of aliphatic hydroxyl groups excluding tert-OH is 1. The molecule has 4 heteroatoms. The van der Waals surface area contributed by atoms with Gasteiger partial charge in [-0.3, -0.25) is 0 Å². The smallest absolute Gasteiger partial charge is 0.161 e. The molecule has 19 heavy (non-hydrogen) atoms. The van der Waals surface area contributed by atoms with E-state index in [0.717, 1.165) is 0 Å². The molecule has 0 aromatic heterocycles. The van der Waals surface area contributed by atoms with Crippen LogP contribution in [-0.4, -0.2) is 19.3 Å². The molecular weight excluding hydrogens is 247 g/mol. The Morgan fingerprint density at radius 2 is 1.47 bits per heavy atom. The third kappa shape index (κ3) is 2.85. The summed E-state index contributed by atoms with van der Waals surface area (Å²) in [6.07, 6.45) is -0.833. The minimum Gasteiger partial charge on any atom is -0.493 e. The highest BCUT2D eigenvalue weighted by Crippen LogP contribution is 2.32. The van der Waals surface area contributed by atoms with Gasteiger partial charge in [-0.05, 0) is 35.4 Å². The Morgan fingerprint density at radius 3 is 2.05 bits per heavy atom. The average Bonchev–Trinajstić information content (AvgIpc) is 2.46. The van der Waals surface area contributed by atoms with Crippen LogP contribution in [0, 0.1) is 5.82 Å². The summed E-state index contributed by atoms with van der Waals surface area (Å²) in [6, 6.07) is 10.9. The highest BCUT2D eigenvalue weighted by molar-refractivity contribution is 5.45. The lowest BCUT2D eigenvalue weighted by Crippen LogP contribution is -2.01. The maximum absolute atomic E-state index is 12.9. The van der Waals surface area contributed by atoms with Crippen molar-refractivity contribution in [2.45, 2.75) is 6.10 Å². The van der Waals surface area contributed by atoms with Gasteiger partial charge in [0.05, 0.1) is 14.2 Å². The standard InChI is InChI=1S/C15H15FO3/c1-18-13-8-5-11(9-14(13)19-2)15(17)10-3-6-12(16)7-4-10/h3-9,15,17H,1-2H3/t15-/m1/s1. The predicted octanol–water partition coefficient (Wildman–Crippen LogP) is 2.92. The van der Waals surface area contributed by atoms with E-state index in [9.17, 15) is 9.50 Å². The molecule has 2 aromatic rings. The van der Waals surface area contributed by atoms with Crippen LogP contribution in [0.15, 0.2) is 42.5 Å². The molecule has 0 amide bonds. The van der Waals surface area contributed by atoms with Crippen molar-refractivity contribution < 1.29 is 19.0 Å². The molecule has 0 aliphatic heterocycles. The zero-order valence-corrected chi connectivity index (χ0v) is 10.8. The van der Waals surface area contributed by atoms with Crippen LogP contribution in [0.4, 0.5) is 4.39 Å². The predicted molar refractivity (Wildman–Crippen MR) is 70.0 cm³/mol. The van der Waals surface area contributed by atoms with Gasteiger partial charge in [-0.1, -0.05) is 18.2 Å². The lowest BCUT2D eigenvalue weighted by Gasteiger charge is -2.14. The molecule has 1 N–H and O–H groups in total. The van der Waals surface area contributed by atoms with E-state index in [1.165, 1.54) is 19.2 Å². The van der Waals surface area contributed by atoms with Crippen molar-refractivity contribution in [1.29, 1.82) is 0 Å². The Morgan fingerprint density at radius 1 is 0.895 bits per heavy atom. The summed E-state index contributed by atoms with van der Waals surface area (Å²) in [5.74, 6) is 0.807. The summed E-state index contributed by atoms with van der Waals surface area (Å²) >= 11 is 0. The highest BCUT2D eigenvalue weighted by Gasteiger charge is 2.13. The fourth-order valence-corrected chi connectivity index (χ4v) is 1.86. The molecular formula is C15H15FO3. The molecule has 0 unspecified atom stereocenters. The van der Waals surface area contributed by atoms with Gasteiger partial charge in [-0.2, -0.15) is 0 Å². The van der Waals surface area contributed by atoms with Crippen LogP contribution in [0.25, 0.3) is 0 Å². The van der Waals surface area contributed by atoms with Gasteiger partial charge in [0.1, 0.15) is 11.9 Å². The number of ether oxygens (including phenoxy) is 2. The summed E-state index contributed by atoms with van der Waals surface area (Å²) in [5.41, 5.74) is 1.28. The van der Waals surface area contributed by atoms with Crippen molar-refractivity contribution in [2.24, 2.45) is 0 Å². The molecule has 0 saturated heterocycles. The fraction of sp³-hybridized carbons (Fsp3) is 0.200. The number of methoxy groups -OCH3 is 2. The highest BCUT2D eigenvalue weighted by atomic mass is 19.1. The number of benzene rings is 2. The van der Waals surface area contributed by atoms with Crippen LogP contribution in [-0.2, 0) is 0 Å². The topological polar surface area (TPSA) is 38.7 Å². The zero-order valence-electron chi connectivity index (χ0n) is 10.8. The first-order chi connectivity index (χ1) is 9.15. The molecule has 0 aliphatic rings. The second-order valence-corrected chi connectivity index (χ2v) is 4.07. The van der Waals surface area contributed by atoms with E-state index >= 15 is 0 Å². The molecule has 0 bridgehead atoms. The summed E-state index contributed by atoms with van der Waals surface area (Å²) in [7, 11) is 3.08. The zero-order chi connectivity index (χ0) is 13.8. The Labute approximate surface area is 111 Å². The van der Waals surface area contributed by atoms with Gasteiger partial charge in [0, 0.05) is 0 Å². The van der Waals surface area contributed by atoms with Gasteiger partial charge in [0.15, 0.2) is 11.5 Å². The Hall–Kier alpha value is -2.07. The van der Waals surface area contributed by atoms with E-state index in [2.05, 4.69) is 0 Å². The molecule has 0 heterocycles. The van der Waals surface area contributed by atoms with Crippen LogP contribution in [0.2, 0.25) is 0 Å². The minimum atomic E-state index is -0.833. The van der Waals surface area contributed by atoms with Gasteiger partial charge in [0.25, 0.3) is 0 Å². The third-order valence-corrected chi connectivity index (χ3v) is 2.91. The number of aliphatic hydroxyl groups is 1. The number of halogens is 1. The van der Waals surface area contributed by atoms with Gasteiger partial charge in [-0.15, -0.1) is 0 Å². The van der Waals surface area contributed by atoms with E-state index in [0.29, 0.717) is 22.6 Å². The maximum atomic E-state index is 12.9. The van der Waals surface area contributed by atoms with Crippen LogP contribution in [0.1, 0.15) is 17.2 Å². The largest absolute Gasteiger partial charge is 0.493 e. The Kier molecular flexibility index (Phi) is 4.02. The third-order valence-electron chi connectivity index (χ3n) is 2.91. The molecule has 3 nitrogen and oxygen atoms in total. The number of hydrogen-bond acceptors (Lipinski definition) is 3. The fourth-order valence-electron chi connectivity index (χ4n) is 1.86. The second-order valence-electron chi connectivity index (χ2n) is 4.07. The molecule has 0 radical (unpaired) electrons. The van der Waals surface area contributed by atoms with Crippen molar-refractivity contribution in [2.75, 3.05) is 14.2 Å². The van der Waals surface area contributed by atoms with Crippen LogP contribution in [0.3, 0.4) is 0 Å². The summed E-state index contributed by atoms with van der Waals surface area (Å²) in [4.78, 5) is 0. The summed E-state index contributed by atoms with van der Waals surface area (Å²) in [5, 5.41) is 10.2. The molecule has 0 fully saturated rings. The lowest BCUT2D eigenvalue weighted by molar-refractivity contribution is 0.219. The molecule has 1 atom stereocenters. The van der Waals surface area contributed by atoms with Gasteiger partial charge in [0.2, 0.25) is 0 Å². The van der Waals surface area contributed by atoms with E-state index in [4.69, 9.17) is 9.47 Å². The van der Waals surface area contributed by atoms with Crippen molar-refractivity contribution in [3.8, 4) is 11.5 Å². The van der Waals surface area contributed by atoms with Crippen molar-refractivity contribution in [3.05, 3.63) is 59.4 Å².